The molecule has 2 amide bonds. The van der Waals surface area contributed by atoms with Crippen LogP contribution in [0.2, 0.25) is 5.02 Å². The quantitative estimate of drug-likeness (QED) is 0.547. The summed E-state index contributed by atoms with van der Waals surface area (Å²) in [6, 6.07) is 7.14. The summed E-state index contributed by atoms with van der Waals surface area (Å²) in [4.78, 5) is 24.5. The average Bonchev–Trinajstić information content (AvgIpc) is 2.52. The molecule has 140 valence electrons. The van der Waals surface area contributed by atoms with Gasteiger partial charge < -0.3 is 0 Å². The summed E-state index contributed by atoms with van der Waals surface area (Å²) in [5.74, 6) is 1.21. The number of amides is 2. The molecule has 4 bridgehead atoms. The summed E-state index contributed by atoms with van der Waals surface area (Å²) in [5, 5.41) is 0.641. The van der Waals surface area contributed by atoms with Crippen molar-refractivity contribution in [3.63, 3.8) is 0 Å². The highest BCUT2D eigenvalue weighted by Crippen LogP contribution is 2.65. The Labute approximate surface area is 167 Å². The number of rotatable bonds is 4. The molecule has 26 heavy (non-hydrogen) atoms. The van der Waals surface area contributed by atoms with E-state index in [1.54, 1.807) is 12.1 Å². The predicted molar refractivity (Wildman–Crippen MR) is 105 cm³/mol. The van der Waals surface area contributed by atoms with Crippen LogP contribution in [0.15, 0.2) is 24.3 Å². The summed E-state index contributed by atoms with van der Waals surface area (Å²) >= 11 is 9.82. The molecule has 2 atom stereocenters. The molecule has 5 rings (SSSR count). The van der Waals surface area contributed by atoms with Crippen molar-refractivity contribution in [3.05, 3.63) is 34.9 Å². The van der Waals surface area contributed by atoms with E-state index < -0.39 is 0 Å². The highest BCUT2D eigenvalue weighted by molar-refractivity contribution is 9.10. The zero-order chi connectivity index (χ0) is 18.4. The summed E-state index contributed by atoms with van der Waals surface area (Å²) < 4.78 is 0.245. The van der Waals surface area contributed by atoms with Crippen LogP contribution in [-0.4, -0.2) is 16.1 Å². The number of carbonyl (C=O) groups excluding carboxylic acids is 2. The van der Waals surface area contributed by atoms with Gasteiger partial charge in [-0.05, 0) is 73.5 Å². The van der Waals surface area contributed by atoms with Crippen LogP contribution in [0.4, 0.5) is 0 Å². The lowest BCUT2D eigenvalue weighted by atomic mass is 9.48. The Morgan fingerprint density at radius 1 is 1.04 bits per heavy atom. The first-order valence-electron chi connectivity index (χ1n) is 9.34. The molecule has 4 saturated carbocycles. The first-order valence-corrected chi connectivity index (χ1v) is 10.5. The van der Waals surface area contributed by atoms with Crippen molar-refractivity contribution >= 4 is 39.3 Å². The number of hydrazine groups is 1. The van der Waals surface area contributed by atoms with Crippen molar-refractivity contribution < 1.29 is 9.59 Å². The molecule has 1 aromatic rings. The van der Waals surface area contributed by atoms with Gasteiger partial charge in [0, 0.05) is 15.8 Å². The van der Waals surface area contributed by atoms with Crippen molar-refractivity contribution in [2.45, 2.75) is 55.7 Å². The first kappa shape index (κ1) is 18.3. The van der Waals surface area contributed by atoms with Crippen LogP contribution in [0.3, 0.4) is 0 Å². The number of halogens is 2. The van der Waals surface area contributed by atoms with Gasteiger partial charge in [0.15, 0.2) is 0 Å². The fourth-order valence-electron chi connectivity index (χ4n) is 5.90. The van der Waals surface area contributed by atoms with E-state index in [4.69, 9.17) is 11.6 Å². The Hall–Kier alpha value is -1.07. The van der Waals surface area contributed by atoms with Crippen LogP contribution in [0, 0.1) is 17.3 Å². The summed E-state index contributed by atoms with van der Waals surface area (Å²) in [7, 11) is 0. The van der Waals surface area contributed by atoms with Gasteiger partial charge >= 0.3 is 0 Å². The van der Waals surface area contributed by atoms with Gasteiger partial charge in [0.25, 0.3) is 0 Å². The van der Waals surface area contributed by atoms with Crippen LogP contribution in [0.25, 0.3) is 0 Å². The van der Waals surface area contributed by atoms with Crippen molar-refractivity contribution in [2.24, 2.45) is 17.3 Å². The second-order valence-electron chi connectivity index (χ2n) is 8.69. The van der Waals surface area contributed by atoms with Gasteiger partial charge in [-0.1, -0.05) is 39.7 Å². The zero-order valence-electron chi connectivity index (χ0n) is 14.7. The molecule has 4 aliphatic rings. The number of alkyl halides is 1. The maximum absolute atomic E-state index is 12.5. The van der Waals surface area contributed by atoms with Crippen LogP contribution >= 0.6 is 27.5 Å². The molecule has 4 aliphatic carbocycles. The van der Waals surface area contributed by atoms with Gasteiger partial charge in [-0.2, -0.15) is 0 Å². The third-order valence-corrected chi connectivity index (χ3v) is 7.45. The zero-order valence-corrected chi connectivity index (χ0v) is 17.0. The molecular weight excluding hydrogens is 416 g/mol. The van der Waals surface area contributed by atoms with Crippen molar-refractivity contribution in [1.29, 1.82) is 0 Å². The first-order chi connectivity index (χ1) is 12.3. The van der Waals surface area contributed by atoms with Gasteiger partial charge in [-0.3, -0.25) is 20.4 Å². The van der Waals surface area contributed by atoms with Crippen LogP contribution in [-0.2, 0) is 16.0 Å². The van der Waals surface area contributed by atoms with Crippen molar-refractivity contribution in [1.82, 2.24) is 10.9 Å². The fourth-order valence-corrected chi connectivity index (χ4v) is 7.54. The molecule has 0 radical (unpaired) electrons. The molecule has 0 aliphatic heterocycles. The van der Waals surface area contributed by atoms with E-state index in [0.717, 1.165) is 36.7 Å². The van der Waals surface area contributed by atoms with Crippen molar-refractivity contribution in [3.8, 4) is 0 Å². The molecular formula is C20H24BrClN2O2. The minimum atomic E-state index is -0.219. The Balaban J connectivity index is 1.29. The topological polar surface area (TPSA) is 58.2 Å². The minimum Gasteiger partial charge on any atom is -0.273 e. The third-order valence-electron chi connectivity index (χ3n) is 6.27. The molecule has 1 aromatic carbocycles. The van der Waals surface area contributed by atoms with Crippen LogP contribution < -0.4 is 10.9 Å². The molecule has 0 heterocycles. The minimum absolute atomic E-state index is 0.0764. The number of carbonyl (C=O) groups is 2. The molecule has 2 N–H and O–H groups in total. The monoisotopic (exact) mass is 438 g/mol. The average molecular weight is 440 g/mol. The normalized spacial score (nSPS) is 34.5. The Kier molecular flexibility index (Phi) is 4.81. The lowest BCUT2D eigenvalue weighted by molar-refractivity contribution is -0.133. The largest absolute Gasteiger partial charge is 0.273 e. The molecule has 0 spiro atoms. The van der Waals surface area contributed by atoms with Gasteiger partial charge in [0.1, 0.15) is 0 Å². The number of benzene rings is 1. The number of hydrogen-bond donors (Lipinski definition) is 2. The van der Waals surface area contributed by atoms with E-state index in [9.17, 15) is 9.59 Å². The van der Waals surface area contributed by atoms with Crippen LogP contribution in [0.5, 0.6) is 0 Å². The summed E-state index contributed by atoms with van der Waals surface area (Å²) in [5.41, 5.74) is 6.15. The highest BCUT2D eigenvalue weighted by Gasteiger charge is 2.57. The van der Waals surface area contributed by atoms with Crippen LogP contribution in [0.1, 0.15) is 50.5 Å². The fraction of sp³-hybridized carbons (Fsp3) is 0.600. The Bertz CT molecular complexity index is 707. The Morgan fingerprint density at radius 2 is 1.65 bits per heavy atom. The number of hydrogen-bond acceptors (Lipinski definition) is 2. The third kappa shape index (κ3) is 3.94. The Morgan fingerprint density at radius 3 is 2.27 bits per heavy atom. The smallest absolute Gasteiger partial charge is 0.242 e. The van der Waals surface area contributed by atoms with Gasteiger partial charge in [0.05, 0.1) is 6.42 Å². The molecule has 0 aromatic heterocycles. The SMILES string of the molecule is O=C(Cc1ccc(Cl)cc1)NNC(=O)CC12CC3CC(CC(Br)(C3)C1)C2. The van der Waals surface area contributed by atoms with Crippen molar-refractivity contribution in [2.75, 3.05) is 0 Å². The lowest BCUT2D eigenvalue weighted by Gasteiger charge is -2.60. The highest BCUT2D eigenvalue weighted by atomic mass is 79.9. The second kappa shape index (κ2) is 6.83. The van der Waals surface area contributed by atoms with E-state index in [2.05, 4.69) is 26.8 Å². The maximum atomic E-state index is 12.5. The van der Waals surface area contributed by atoms with Gasteiger partial charge in [-0.25, -0.2) is 0 Å². The van der Waals surface area contributed by atoms with Gasteiger partial charge in [0.2, 0.25) is 11.8 Å². The molecule has 4 fully saturated rings. The molecule has 2 unspecified atom stereocenters. The van der Waals surface area contributed by atoms with E-state index in [1.165, 1.54) is 19.3 Å². The molecule has 6 heteroatoms. The van der Waals surface area contributed by atoms with E-state index >= 15 is 0 Å². The summed E-state index contributed by atoms with van der Waals surface area (Å²) in [6.07, 6.45) is 7.96. The number of nitrogens with one attached hydrogen (secondary N) is 2. The van der Waals surface area contributed by atoms with Gasteiger partial charge in [-0.15, -0.1) is 0 Å². The predicted octanol–water partition coefficient (Wildman–Crippen LogP) is 4.15. The summed E-state index contributed by atoms with van der Waals surface area (Å²) in [6.45, 7) is 0. The second-order valence-corrected chi connectivity index (χ2v) is 10.8. The molecule has 0 saturated heterocycles. The van der Waals surface area contributed by atoms with E-state index in [1.807, 2.05) is 12.1 Å². The van der Waals surface area contributed by atoms with E-state index in [0.29, 0.717) is 11.4 Å². The molecule has 4 nitrogen and oxygen atoms in total. The maximum Gasteiger partial charge on any atom is 0.242 e. The van der Waals surface area contributed by atoms with E-state index in [-0.39, 0.29) is 28.0 Å². The standard InChI is InChI=1S/C20H24BrClN2O2/c21-20-9-14-5-15(10-20)8-19(7-14,12-20)11-18(26)24-23-17(25)6-13-1-3-16(22)4-2-13/h1-4,14-15H,5-12H2,(H,23,25)(H,24,26). The lowest BCUT2D eigenvalue weighted by Crippen LogP contribution is -2.54.